The number of nitrogens with zero attached hydrogens (tertiary/aromatic N) is 4. The first kappa shape index (κ1) is 24.9. The molecule has 3 aromatic rings. The zero-order valence-electron chi connectivity index (χ0n) is 19.3. The van der Waals surface area contributed by atoms with Crippen molar-refractivity contribution in [2.24, 2.45) is 4.99 Å². The molecule has 2 aromatic carbocycles. The number of amides is 1. The van der Waals surface area contributed by atoms with Gasteiger partial charge in [-0.15, -0.1) is 0 Å². The Morgan fingerprint density at radius 3 is 2.69 bits per heavy atom. The van der Waals surface area contributed by atoms with Gasteiger partial charge in [-0.1, -0.05) is 23.7 Å². The van der Waals surface area contributed by atoms with Gasteiger partial charge in [-0.2, -0.15) is 23.3 Å². The molecule has 5 rings (SSSR count). The van der Waals surface area contributed by atoms with E-state index in [-0.39, 0.29) is 29.1 Å². The Hall–Kier alpha value is -2.82. The van der Waals surface area contributed by atoms with E-state index in [1.165, 1.54) is 28.6 Å². The molecule has 1 amide bonds. The third-order valence-corrected chi connectivity index (χ3v) is 7.60. The van der Waals surface area contributed by atoms with Crippen LogP contribution in [0.3, 0.4) is 0 Å². The summed E-state index contributed by atoms with van der Waals surface area (Å²) in [6, 6.07) is 9.20. The second-order valence-electron chi connectivity index (χ2n) is 8.65. The quantitative estimate of drug-likeness (QED) is 0.394. The Balaban J connectivity index is 1.33. The molecule has 11 heteroatoms. The number of benzene rings is 2. The van der Waals surface area contributed by atoms with Crippen LogP contribution in [0.1, 0.15) is 29.5 Å². The maximum atomic E-state index is 13.5. The topological polar surface area (TPSA) is 59.7 Å². The number of likely N-dealkylation sites (tertiary alicyclic amines) is 1. The number of fused-ring (bicyclic) bond motifs is 1. The lowest BCUT2D eigenvalue weighted by Gasteiger charge is -2.31. The molecule has 0 atom stereocenters. The van der Waals surface area contributed by atoms with Crippen LogP contribution in [0.5, 0.6) is 0 Å². The normalized spacial score (nSPS) is 18.5. The maximum absolute atomic E-state index is 13.5. The molecule has 2 aliphatic rings. The highest BCUT2D eigenvalue weighted by Crippen LogP contribution is 2.35. The van der Waals surface area contributed by atoms with E-state index in [1.54, 1.807) is 25.4 Å². The van der Waals surface area contributed by atoms with Crippen molar-refractivity contribution in [3.8, 4) is 0 Å². The van der Waals surface area contributed by atoms with E-state index < -0.39 is 11.7 Å². The first-order valence-electron chi connectivity index (χ1n) is 11.3. The Kier molecular flexibility index (Phi) is 6.84. The number of alkyl halides is 3. The number of aliphatic imine (C=N–C) groups is 1. The molecule has 36 heavy (non-hydrogen) atoms. The monoisotopic (exact) mass is 534 g/mol. The summed E-state index contributed by atoms with van der Waals surface area (Å²) >= 11 is 7.15. The fraction of sp³-hybridized carbons (Fsp3) is 0.320. The average Bonchev–Trinajstić information content (AvgIpc) is 3.42. The van der Waals surface area contributed by atoms with Crippen LogP contribution >= 0.6 is 23.4 Å². The second-order valence-corrected chi connectivity index (χ2v) is 10.1. The van der Waals surface area contributed by atoms with Gasteiger partial charge in [0.1, 0.15) is 0 Å². The summed E-state index contributed by atoms with van der Waals surface area (Å²) in [5, 5.41) is 5.78. The summed E-state index contributed by atoms with van der Waals surface area (Å²) in [4.78, 5) is 19.4. The van der Waals surface area contributed by atoms with Crippen LogP contribution in [-0.2, 0) is 22.3 Å². The van der Waals surface area contributed by atoms with Crippen LogP contribution in [0.15, 0.2) is 52.5 Å². The molecule has 0 N–H and O–H groups in total. The first-order valence-corrected chi connectivity index (χ1v) is 12.5. The number of piperidine rings is 1. The summed E-state index contributed by atoms with van der Waals surface area (Å²) in [7, 11) is 1.71. The lowest BCUT2D eigenvalue weighted by molar-refractivity contribution is -0.138. The Labute approximate surface area is 214 Å². The maximum Gasteiger partial charge on any atom is 0.416 e. The third kappa shape index (κ3) is 5.16. The van der Waals surface area contributed by atoms with Gasteiger partial charge < -0.3 is 9.64 Å². The van der Waals surface area contributed by atoms with Gasteiger partial charge in [-0.25, -0.2) is 0 Å². The van der Waals surface area contributed by atoms with Crippen LogP contribution in [-0.4, -0.2) is 52.1 Å². The molecule has 0 saturated carbocycles. The van der Waals surface area contributed by atoms with Crippen molar-refractivity contribution in [1.82, 2.24) is 14.7 Å². The van der Waals surface area contributed by atoms with Crippen LogP contribution in [0.2, 0.25) is 5.02 Å². The molecule has 0 radical (unpaired) electrons. The van der Waals surface area contributed by atoms with Gasteiger partial charge in [-0.05, 0) is 66.1 Å². The predicted molar refractivity (Wildman–Crippen MR) is 135 cm³/mol. The number of thioether (sulfide) groups is 1. The van der Waals surface area contributed by atoms with Crippen LogP contribution in [0.25, 0.3) is 17.0 Å². The van der Waals surface area contributed by atoms with E-state index in [0.717, 1.165) is 42.9 Å². The molecule has 0 bridgehead atoms. The fourth-order valence-corrected chi connectivity index (χ4v) is 5.54. The van der Waals surface area contributed by atoms with Gasteiger partial charge in [0.25, 0.3) is 5.91 Å². The van der Waals surface area contributed by atoms with E-state index >= 15 is 0 Å². The number of carbonyl (C=O) groups is 1. The van der Waals surface area contributed by atoms with Crippen LogP contribution < -0.4 is 0 Å². The highest BCUT2D eigenvalue weighted by Gasteiger charge is 2.34. The van der Waals surface area contributed by atoms with Crippen molar-refractivity contribution in [2.75, 3.05) is 20.2 Å². The smallest absolute Gasteiger partial charge is 0.381 e. The minimum Gasteiger partial charge on any atom is -0.381 e. The van der Waals surface area contributed by atoms with Crippen molar-refractivity contribution < 1.29 is 22.7 Å². The molecule has 1 aromatic heterocycles. The zero-order chi connectivity index (χ0) is 25.4. The molecule has 2 aliphatic heterocycles. The molecular formula is C25H22ClF3N4O2S. The molecule has 188 valence electrons. The standard InChI is InChI=1S/C25H22ClF3N4O2S/c1-35-19-6-8-32(9-7-19)24-31-23(34)22(36-24)11-15-2-5-21-17(10-15)13-30-33(21)14-16-3-4-18(26)12-20(16)25(27,28)29/h2-5,10-13,19H,6-9,14H2,1H3. The van der Waals surface area contributed by atoms with Gasteiger partial charge >= 0.3 is 6.18 Å². The van der Waals surface area contributed by atoms with E-state index in [0.29, 0.717) is 15.6 Å². The van der Waals surface area contributed by atoms with Gasteiger partial charge in [0.05, 0.1) is 34.8 Å². The van der Waals surface area contributed by atoms with Crippen molar-refractivity contribution in [3.05, 3.63) is 69.2 Å². The van der Waals surface area contributed by atoms with E-state index in [1.807, 2.05) is 12.1 Å². The molecule has 1 fully saturated rings. The molecule has 0 aliphatic carbocycles. The Morgan fingerprint density at radius 1 is 1.19 bits per heavy atom. The number of amidine groups is 1. The number of methoxy groups -OCH3 is 1. The molecule has 6 nitrogen and oxygen atoms in total. The average molecular weight is 535 g/mol. The molecular weight excluding hydrogens is 513 g/mol. The fourth-order valence-electron chi connectivity index (χ4n) is 4.40. The second kappa shape index (κ2) is 9.91. The largest absolute Gasteiger partial charge is 0.416 e. The molecule has 1 saturated heterocycles. The molecule has 3 heterocycles. The van der Waals surface area contributed by atoms with Gasteiger partial charge in [0, 0.05) is 30.6 Å². The Bertz CT molecular complexity index is 1380. The Morgan fingerprint density at radius 2 is 1.97 bits per heavy atom. The minimum absolute atomic E-state index is 0.0278. The summed E-state index contributed by atoms with van der Waals surface area (Å²) in [5.41, 5.74) is 0.771. The zero-order valence-corrected chi connectivity index (χ0v) is 20.8. The van der Waals surface area contributed by atoms with Gasteiger partial charge in [-0.3, -0.25) is 9.48 Å². The highest BCUT2D eigenvalue weighted by molar-refractivity contribution is 8.18. The van der Waals surface area contributed by atoms with E-state index in [2.05, 4.69) is 15.0 Å². The number of carbonyl (C=O) groups excluding carboxylic acids is 1. The number of aromatic nitrogens is 2. The molecule has 0 spiro atoms. The summed E-state index contributed by atoms with van der Waals surface area (Å²) < 4.78 is 47.4. The number of hydrogen-bond donors (Lipinski definition) is 0. The van der Waals surface area contributed by atoms with Gasteiger partial charge in [0.15, 0.2) is 5.17 Å². The third-order valence-electron chi connectivity index (χ3n) is 6.32. The number of ether oxygens (including phenoxy) is 1. The van der Waals surface area contributed by atoms with Gasteiger partial charge in [0.2, 0.25) is 0 Å². The van der Waals surface area contributed by atoms with Crippen molar-refractivity contribution in [3.63, 3.8) is 0 Å². The lowest BCUT2D eigenvalue weighted by Crippen LogP contribution is -2.38. The van der Waals surface area contributed by atoms with Crippen molar-refractivity contribution in [1.29, 1.82) is 0 Å². The predicted octanol–water partition coefficient (Wildman–Crippen LogP) is 5.84. The number of rotatable bonds is 4. The van der Waals surface area contributed by atoms with Crippen LogP contribution in [0.4, 0.5) is 13.2 Å². The first-order chi connectivity index (χ1) is 17.2. The summed E-state index contributed by atoms with van der Waals surface area (Å²) in [6.07, 6.45) is 0.893. The summed E-state index contributed by atoms with van der Waals surface area (Å²) in [5.74, 6) is -0.276. The van der Waals surface area contributed by atoms with E-state index in [4.69, 9.17) is 16.3 Å². The lowest BCUT2D eigenvalue weighted by atomic mass is 10.1. The minimum atomic E-state index is -4.52. The molecule has 0 unspecified atom stereocenters. The SMILES string of the molecule is COC1CCN(C2=NC(=O)C(=Cc3ccc4c(cnn4Cc4ccc(Cl)cc4C(F)(F)F)c3)S2)CC1. The van der Waals surface area contributed by atoms with Crippen molar-refractivity contribution >= 4 is 51.4 Å². The van der Waals surface area contributed by atoms with E-state index in [9.17, 15) is 18.0 Å². The summed E-state index contributed by atoms with van der Waals surface area (Å²) in [6.45, 7) is 1.53. The number of halogens is 4. The number of hydrogen-bond acceptors (Lipinski definition) is 5. The van der Waals surface area contributed by atoms with Crippen LogP contribution in [0, 0.1) is 0 Å². The van der Waals surface area contributed by atoms with Crippen molar-refractivity contribution in [2.45, 2.75) is 31.7 Å². The highest BCUT2D eigenvalue weighted by atomic mass is 35.5.